The van der Waals surface area contributed by atoms with Crippen LogP contribution < -0.4 is 0 Å². The van der Waals surface area contributed by atoms with Gasteiger partial charge < -0.3 is 14.2 Å². The van der Waals surface area contributed by atoms with Gasteiger partial charge in [0.15, 0.2) is 0 Å². The van der Waals surface area contributed by atoms with E-state index in [4.69, 9.17) is 0 Å². The van der Waals surface area contributed by atoms with Gasteiger partial charge in [-0.25, -0.2) is 4.98 Å². The Morgan fingerprint density at radius 1 is 1.36 bits per heavy atom. The van der Waals surface area contributed by atoms with E-state index in [1.807, 2.05) is 28.8 Å². The van der Waals surface area contributed by atoms with Crippen molar-refractivity contribution >= 4 is 55.8 Å². The van der Waals surface area contributed by atoms with E-state index in [9.17, 15) is 18.7 Å². The predicted octanol–water partition coefficient (Wildman–Crippen LogP) is 4.54. The van der Waals surface area contributed by atoms with Gasteiger partial charge in [-0.15, -0.1) is 0 Å². The summed E-state index contributed by atoms with van der Waals surface area (Å²) in [4.78, 5) is 17.8. The third kappa shape index (κ3) is 3.63. The third-order valence-electron chi connectivity index (χ3n) is 4.85. The molecule has 0 fully saturated rings. The Bertz CT molecular complexity index is 1080. The monoisotopic (exact) mass is 479 g/mol. The lowest BCUT2D eigenvalue weighted by atomic mass is 9.93. The van der Waals surface area contributed by atoms with Crippen molar-refractivity contribution in [3.05, 3.63) is 46.7 Å². The molecule has 0 aliphatic carbocycles. The van der Waals surface area contributed by atoms with Crippen molar-refractivity contribution in [2.24, 2.45) is 0 Å². The lowest BCUT2D eigenvalue weighted by Crippen LogP contribution is -2.18. The zero-order valence-electron chi connectivity index (χ0n) is 14.6. The van der Waals surface area contributed by atoms with Crippen LogP contribution in [0.3, 0.4) is 0 Å². The zero-order chi connectivity index (χ0) is 19.8. The summed E-state index contributed by atoms with van der Waals surface area (Å²) in [5, 5.41) is 9.96. The van der Waals surface area contributed by atoms with E-state index >= 15 is 0 Å². The number of hydrogen-bond acceptors (Lipinski definition) is 5. The van der Waals surface area contributed by atoms with Crippen LogP contribution in [0.1, 0.15) is 30.9 Å². The van der Waals surface area contributed by atoms with Gasteiger partial charge >= 0.3 is 5.97 Å². The largest absolute Gasteiger partial charge is 0.768 e. The number of aliphatic carboxylic acids is 1. The Hall–Kier alpha value is -1.68. The number of halogens is 1. The van der Waals surface area contributed by atoms with E-state index in [2.05, 4.69) is 20.9 Å². The number of carboxylic acid groups (broad SMARTS) is 1. The van der Waals surface area contributed by atoms with Gasteiger partial charge in [0.2, 0.25) is 0 Å². The average molecular weight is 480 g/mol. The van der Waals surface area contributed by atoms with Crippen LogP contribution in [0.15, 0.2) is 55.7 Å². The molecule has 0 spiro atoms. The average Bonchev–Trinajstić information content (AvgIpc) is 2.98. The van der Waals surface area contributed by atoms with Crippen LogP contribution in [0.4, 0.5) is 0 Å². The van der Waals surface area contributed by atoms with Gasteiger partial charge in [-0.3, -0.25) is 9.00 Å². The van der Waals surface area contributed by atoms with Gasteiger partial charge in [-0.2, -0.15) is 0 Å². The summed E-state index contributed by atoms with van der Waals surface area (Å²) >= 11 is 2.47. The van der Waals surface area contributed by atoms with E-state index in [1.165, 1.54) is 24.0 Å². The van der Waals surface area contributed by atoms with E-state index in [0.717, 1.165) is 32.8 Å². The van der Waals surface area contributed by atoms with Crippen LogP contribution >= 0.6 is 27.7 Å². The smallest absolute Gasteiger partial charge is 0.304 e. The Morgan fingerprint density at radius 3 is 2.79 bits per heavy atom. The minimum atomic E-state index is -2.42. The molecule has 28 heavy (non-hydrogen) atoms. The highest BCUT2D eigenvalue weighted by molar-refractivity contribution is 9.10. The standard InChI is InChI=1S/C19H17BrN2O4S2/c20-12-3-5-13(6-4-12)27-18-16-14(28(25)26)7-8-21-19(16)22-9-1-2-11(17(18)22)10-15(23)24/h3-8,11H,1-2,9-10H2,(H,23,24)(H,25,26)/p-1. The summed E-state index contributed by atoms with van der Waals surface area (Å²) < 4.78 is 26.7. The minimum absolute atomic E-state index is 0.0139. The number of carboxylic acids is 1. The summed E-state index contributed by atoms with van der Waals surface area (Å²) in [6.45, 7) is 0.699. The van der Waals surface area contributed by atoms with E-state index in [1.54, 1.807) is 0 Å². The molecule has 4 rings (SSSR count). The summed E-state index contributed by atoms with van der Waals surface area (Å²) in [7, 11) is 0. The zero-order valence-corrected chi connectivity index (χ0v) is 17.8. The van der Waals surface area contributed by atoms with Crippen molar-refractivity contribution in [1.29, 1.82) is 0 Å². The summed E-state index contributed by atoms with van der Waals surface area (Å²) in [6.07, 6.45) is 3.10. The van der Waals surface area contributed by atoms with Gasteiger partial charge in [0.25, 0.3) is 0 Å². The van der Waals surface area contributed by atoms with Crippen LogP contribution in [0, 0.1) is 0 Å². The number of benzene rings is 1. The number of fused-ring (bicyclic) bond motifs is 3. The fourth-order valence-corrected chi connectivity index (χ4v) is 5.81. The van der Waals surface area contributed by atoms with Crippen molar-refractivity contribution in [3.63, 3.8) is 0 Å². The van der Waals surface area contributed by atoms with Crippen LogP contribution in [-0.4, -0.2) is 29.4 Å². The van der Waals surface area contributed by atoms with E-state index in [-0.39, 0.29) is 17.2 Å². The molecule has 0 bridgehead atoms. The molecule has 3 aromatic rings. The van der Waals surface area contributed by atoms with Gasteiger partial charge in [0, 0.05) is 48.9 Å². The van der Waals surface area contributed by atoms with Crippen molar-refractivity contribution in [1.82, 2.24) is 9.55 Å². The summed E-state index contributed by atoms with van der Waals surface area (Å²) in [5.41, 5.74) is 1.48. The van der Waals surface area contributed by atoms with Gasteiger partial charge in [0.1, 0.15) is 5.65 Å². The molecule has 2 aromatic heterocycles. The molecular weight excluding hydrogens is 464 g/mol. The Morgan fingerprint density at radius 2 is 2.11 bits per heavy atom. The molecule has 1 N–H and O–H groups in total. The lowest BCUT2D eigenvalue weighted by molar-refractivity contribution is -0.137. The maximum Gasteiger partial charge on any atom is 0.304 e. The molecule has 1 aromatic carbocycles. The Balaban J connectivity index is 1.97. The topological polar surface area (TPSA) is 95.2 Å². The molecule has 9 heteroatoms. The van der Waals surface area contributed by atoms with Crippen molar-refractivity contribution in [2.45, 2.75) is 46.4 Å². The number of aromatic nitrogens is 2. The summed E-state index contributed by atoms with van der Waals surface area (Å²) in [6, 6.07) is 9.24. The quantitative estimate of drug-likeness (QED) is 0.539. The molecular formula is C19H16BrN2O4S2-. The highest BCUT2D eigenvalue weighted by Gasteiger charge is 2.31. The van der Waals surface area contributed by atoms with Crippen LogP contribution in [0.5, 0.6) is 0 Å². The Kier molecular flexibility index (Phi) is 5.59. The molecule has 3 heterocycles. The second kappa shape index (κ2) is 7.98. The maximum atomic E-state index is 11.9. The van der Waals surface area contributed by atoms with Crippen LogP contribution in [-0.2, 0) is 22.4 Å². The van der Waals surface area contributed by atoms with Crippen molar-refractivity contribution < 1.29 is 18.7 Å². The highest BCUT2D eigenvalue weighted by Crippen LogP contribution is 2.46. The summed E-state index contributed by atoms with van der Waals surface area (Å²) in [5.74, 6) is -1.03. The fourth-order valence-electron chi connectivity index (χ4n) is 3.75. The first-order valence-corrected chi connectivity index (χ1v) is 11.4. The molecule has 0 saturated carbocycles. The maximum absolute atomic E-state index is 11.9. The van der Waals surface area contributed by atoms with Crippen LogP contribution in [0.2, 0.25) is 0 Å². The number of aryl methyl sites for hydroxylation is 1. The third-order valence-corrected chi connectivity index (χ3v) is 7.21. The van der Waals surface area contributed by atoms with Crippen molar-refractivity contribution in [2.75, 3.05) is 0 Å². The lowest BCUT2D eigenvalue weighted by Gasteiger charge is -2.25. The fraction of sp³-hybridized carbons (Fsp3) is 0.263. The number of rotatable bonds is 5. The normalized spacial score (nSPS) is 17.4. The van der Waals surface area contributed by atoms with Crippen molar-refractivity contribution in [3.8, 4) is 0 Å². The molecule has 146 valence electrons. The number of nitrogens with zero attached hydrogens (tertiary/aromatic N) is 2. The van der Waals surface area contributed by atoms with E-state index in [0.29, 0.717) is 17.6 Å². The molecule has 1 aliphatic heterocycles. The molecule has 0 saturated heterocycles. The second-order valence-electron chi connectivity index (χ2n) is 6.60. The molecule has 2 atom stereocenters. The van der Waals surface area contributed by atoms with Gasteiger partial charge in [0.05, 0.1) is 6.42 Å². The van der Waals surface area contributed by atoms with Crippen LogP contribution in [0.25, 0.3) is 11.0 Å². The highest BCUT2D eigenvalue weighted by atomic mass is 79.9. The predicted molar refractivity (Wildman–Crippen MR) is 109 cm³/mol. The minimum Gasteiger partial charge on any atom is -0.768 e. The number of carbonyl (C=O) groups is 1. The Labute approximate surface area is 176 Å². The SMILES string of the molecule is O=C(O)CC1CCCn2c1c(Sc1ccc(Br)cc1)c1c(S(=O)[O-])ccnc12. The molecule has 0 amide bonds. The number of pyridine rings is 1. The second-order valence-corrected chi connectivity index (χ2v) is 9.51. The van der Waals surface area contributed by atoms with Gasteiger partial charge in [-0.05, 0) is 54.3 Å². The first-order valence-electron chi connectivity index (χ1n) is 8.71. The molecule has 1 aliphatic rings. The molecule has 0 radical (unpaired) electrons. The molecule has 6 nitrogen and oxygen atoms in total. The number of hydrogen-bond donors (Lipinski definition) is 1. The van der Waals surface area contributed by atoms with E-state index < -0.39 is 17.0 Å². The van der Waals surface area contributed by atoms with Gasteiger partial charge in [-0.1, -0.05) is 27.7 Å². The molecule has 2 unspecified atom stereocenters. The first-order chi connectivity index (χ1) is 13.5. The first kappa shape index (κ1) is 19.6.